The first-order valence-electron chi connectivity index (χ1n) is 9.48. The largest absolute Gasteiger partial charge is 0.482 e. The number of nitrogens with zero attached hydrogens (tertiary/aromatic N) is 1. The lowest BCUT2D eigenvalue weighted by Gasteiger charge is -2.30. The monoisotopic (exact) mass is 374 g/mol. The molecule has 1 aliphatic heterocycles. The van der Waals surface area contributed by atoms with Crippen LogP contribution >= 0.6 is 0 Å². The van der Waals surface area contributed by atoms with Crippen molar-refractivity contribution in [3.05, 3.63) is 24.3 Å². The van der Waals surface area contributed by atoms with Gasteiger partial charge in [0.25, 0.3) is 5.91 Å². The van der Waals surface area contributed by atoms with Crippen molar-refractivity contribution in [3.8, 4) is 5.75 Å². The number of carbonyl (C=O) groups excluding carboxylic acids is 3. The van der Waals surface area contributed by atoms with Crippen molar-refractivity contribution in [1.29, 1.82) is 0 Å². The second-order valence-electron chi connectivity index (χ2n) is 7.12. The first-order chi connectivity index (χ1) is 13.1. The molecule has 1 aromatic rings. The number of ether oxygens (including phenoxy) is 2. The van der Waals surface area contributed by atoms with Gasteiger partial charge in [-0.1, -0.05) is 44.2 Å². The Morgan fingerprint density at radius 2 is 2.00 bits per heavy atom. The Morgan fingerprint density at radius 3 is 2.74 bits per heavy atom. The number of rotatable bonds is 6. The summed E-state index contributed by atoms with van der Waals surface area (Å²) in [5.74, 6) is -0.134. The summed E-state index contributed by atoms with van der Waals surface area (Å²) >= 11 is 0. The fraction of sp³-hybridized carbons (Fsp3) is 0.550. The van der Waals surface area contributed by atoms with Crippen LogP contribution in [-0.4, -0.2) is 44.1 Å². The molecule has 7 nitrogen and oxygen atoms in total. The van der Waals surface area contributed by atoms with Gasteiger partial charge in [0, 0.05) is 0 Å². The van der Waals surface area contributed by atoms with Crippen LogP contribution in [-0.2, 0) is 19.1 Å². The van der Waals surface area contributed by atoms with E-state index in [9.17, 15) is 14.4 Å². The number of hydrogen-bond acceptors (Lipinski definition) is 5. The molecule has 1 saturated carbocycles. The van der Waals surface area contributed by atoms with Crippen LogP contribution in [0.25, 0.3) is 0 Å². The Labute approximate surface area is 159 Å². The Hall–Kier alpha value is -2.57. The van der Waals surface area contributed by atoms with Crippen LogP contribution in [0.2, 0.25) is 0 Å². The molecule has 1 N–H and O–H groups in total. The molecule has 1 aliphatic carbocycles. The van der Waals surface area contributed by atoms with Gasteiger partial charge in [-0.25, -0.2) is 4.79 Å². The smallest absolute Gasteiger partial charge is 0.328 e. The van der Waals surface area contributed by atoms with Crippen LogP contribution in [0.1, 0.15) is 38.5 Å². The van der Waals surface area contributed by atoms with Gasteiger partial charge in [-0.15, -0.1) is 0 Å². The summed E-state index contributed by atoms with van der Waals surface area (Å²) in [4.78, 5) is 38.3. The number of hydrogen-bond donors (Lipinski definition) is 1. The van der Waals surface area contributed by atoms with Gasteiger partial charge in [0.1, 0.15) is 18.3 Å². The Balaban J connectivity index is 1.65. The van der Waals surface area contributed by atoms with Crippen molar-refractivity contribution in [3.63, 3.8) is 0 Å². The zero-order valence-electron chi connectivity index (χ0n) is 15.6. The van der Waals surface area contributed by atoms with Crippen LogP contribution < -0.4 is 15.0 Å². The lowest BCUT2D eigenvalue weighted by Crippen LogP contribution is -2.49. The summed E-state index contributed by atoms with van der Waals surface area (Å²) in [6.45, 7) is -0.260. The van der Waals surface area contributed by atoms with Gasteiger partial charge >= 0.3 is 5.97 Å². The van der Waals surface area contributed by atoms with Crippen molar-refractivity contribution in [2.24, 2.45) is 5.92 Å². The molecule has 0 aromatic heterocycles. The van der Waals surface area contributed by atoms with Gasteiger partial charge in [-0.3, -0.25) is 14.5 Å². The van der Waals surface area contributed by atoms with E-state index in [-0.39, 0.29) is 25.0 Å². The van der Waals surface area contributed by atoms with Crippen molar-refractivity contribution < 1.29 is 23.9 Å². The number of carbonyl (C=O) groups is 3. The molecular weight excluding hydrogens is 348 g/mol. The Kier molecular flexibility index (Phi) is 6.32. The van der Waals surface area contributed by atoms with Gasteiger partial charge < -0.3 is 14.8 Å². The van der Waals surface area contributed by atoms with Crippen molar-refractivity contribution in [1.82, 2.24) is 5.32 Å². The summed E-state index contributed by atoms with van der Waals surface area (Å²) < 4.78 is 10.3. The van der Waals surface area contributed by atoms with E-state index in [0.29, 0.717) is 23.8 Å². The van der Waals surface area contributed by atoms with E-state index in [1.807, 2.05) is 6.07 Å². The minimum absolute atomic E-state index is 0.104. The second kappa shape index (κ2) is 8.88. The van der Waals surface area contributed by atoms with E-state index in [0.717, 1.165) is 25.7 Å². The van der Waals surface area contributed by atoms with Gasteiger partial charge in [0.2, 0.25) is 5.91 Å². The molecule has 7 heteroatoms. The maximum atomic E-state index is 12.6. The Morgan fingerprint density at radius 1 is 1.26 bits per heavy atom. The van der Waals surface area contributed by atoms with Gasteiger partial charge in [0.05, 0.1) is 12.8 Å². The summed E-state index contributed by atoms with van der Waals surface area (Å²) in [6, 6.07) is 6.40. The lowest BCUT2D eigenvalue weighted by atomic mass is 9.85. The highest BCUT2D eigenvalue weighted by molar-refractivity contribution is 6.02. The summed E-state index contributed by atoms with van der Waals surface area (Å²) in [6.07, 6.45) is 6.25. The third-order valence-electron chi connectivity index (χ3n) is 5.22. The molecule has 0 saturated heterocycles. The number of nitrogens with one attached hydrogen (secondary N) is 1. The van der Waals surface area contributed by atoms with E-state index in [1.165, 1.54) is 18.4 Å². The molecule has 146 valence electrons. The number of amides is 2. The summed E-state index contributed by atoms with van der Waals surface area (Å²) in [7, 11) is 1.32. The highest BCUT2D eigenvalue weighted by Crippen LogP contribution is 2.31. The van der Waals surface area contributed by atoms with Crippen molar-refractivity contribution >= 4 is 23.5 Å². The lowest BCUT2D eigenvalue weighted by molar-refractivity contribution is -0.145. The number of para-hydroxylation sites is 2. The number of anilines is 1. The SMILES string of the molecule is COC(=O)C(CC1CCCCC1)NC(=O)CN1C(=O)COc2ccccc21. The summed E-state index contributed by atoms with van der Waals surface area (Å²) in [5.41, 5.74) is 0.561. The van der Waals surface area contributed by atoms with Crippen molar-refractivity contribution in [2.45, 2.75) is 44.6 Å². The highest BCUT2D eigenvalue weighted by Gasteiger charge is 2.30. The normalized spacial score (nSPS) is 18.3. The molecule has 27 heavy (non-hydrogen) atoms. The zero-order valence-corrected chi connectivity index (χ0v) is 15.6. The van der Waals surface area contributed by atoms with Crippen LogP contribution in [0.5, 0.6) is 5.75 Å². The minimum Gasteiger partial charge on any atom is -0.482 e. The zero-order chi connectivity index (χ0) is 19.2. The maximum Gasteiger partial charge on any atom is 0.328 e. The second-order valence-corrected chi connectivity index (χ2v) is 7.12. The highest BCUT2D eigenvalue weighted by atomic mass is 16.5. The third kappa shape index (κ3) is 4.78. The molecule has 0 bridgehead atoms. The molecule has 0 spiro atoms. The average molecular weight is 374 g/mol. The van der Waals surface area contributed by atoms with E-state index in [2.05, 4.69) is 5.32 Å². The first-order valence-corrected chi connectivity index (χ1v) is 9.48. The predicted molar refractivity (Wildman–Crippen MR) is 99.4 cm³/mol. The van der Waals surface area contributed by atoms with E-state index < -0.39 is 12.0 Å². The van der Waals surface area contributed by atoms with Crippen LogP contribution in [0, 0.1) is 5.92 Å². The van der Waals surface area contributed by atoms with E-state index >= 15 is 0 Å². The molecule has 1 unspecified atom stereocenters. The fourth-order valence-corrected chi connectivity index (χ4v) is 3.82. The number of fused-ring (bicyclic) bond motifs is 1. The third-order valence-corrected chi connectivity index (χ3v) is 5.22. The van der Waals surface area contributed by atoms with E-state index in [1.54, 1.807) is 18.2 Å². The molecule has 0 radical (unpaired) electrons. The van der Waals surface area contributed by atoms with Gasteiger partial charge in [-0.05, 0) is 24.5 Å². The van der Waals surface area contributed by atoms with Crippen molar-refractivity contribution in [2.75, 3.05) is 25.2 Å². The van der Waals surface area contributed by atoms with Crippen LogP contribution in [0.3, 0.4) is 0 Å². The first kappa shape index (κ1) is 19.2. The standard InChI is InChI=1S/C20H26N2O5/c1-26-20(25)15(11-14-7-3-2-4-8-14)21-18(23)12-22-16-9-5-6-10-17(16)27-13-19(22)24/h5-6,9-10,14-15H,2-4,7-8,11-13H2,1H3,(H,21,23). The van der Waals surface area contributed by atoms with E-state index in [4.69, 9.17) is 9.47 Å². The molecular formula is C20H26N2O5. The number of methoxy groups -OCH3 is 1. The molecule has 2 amide bonds. The minimum atomic E-state index is -0.683. The quantitative estimate of drug-likeness (QED) is 0.770. The number of esters is 1. The Bertz CT molecular complexity index is 699. The molecule has 2 aliphatic rings. The predicted octanol–water partition coefficient (Wildman–Crippen LogP) is 2.04. The molecule has 1 atom stereocenters. The molecule has 3 rings (SSSR count). The molecule has 1 aromatic carbocycles. The summed E-state index contributed by atoms with van der Waals surface area (Å²) in [5, 5.41) is 2.77. The van der Waals surface area contributed by atoms with Gasteiger partial charge in [0.15, 0.2) is 6.61 Å². The topological polar surface area (TPSA) is 84.9 Å². The molecule has 1 fully saturated rings. The number of benzene rings is 1. The maximum absolute atomic E-state index is 12.6. The van der Waals surface area contributed by atoms with Crippen LogP contribution in [0.4, 0.5) is 5.69 Å². The average Bonchev–Trinajstić information content (AvgIpc) is 2.70. The molecule has 1 heterocycles. The van der Waals surface area contributed by atoms with Gasteiger partial charge in [-0.2, -0.15) is 0 Å². The van der Waals surface area contributed by atoms with Crippen LogP contribution in [0.15, 0.2) is 24.3 Å². The fourth-order valence-electron chi connectivity index (χ4n) is 3.82.